The van der Waals surface area contributed by atoms with E-state index in [-0.39, 0.29) is 0 Å². The van der Waals surface area contributed by atoms with Crippen LogP contribution in [0.1, 0.15) is 52.4 Å². The fraction of sp³-hybridized carbons (Fsp3) is 0.750. The number of carbonyl (C=O) groups is 1. The van der Waals surface area contributed by atoms with Crippen molar-refractivity contribution in [3.63, 3.8) is 0 Å². The molecule has 1 heteroatoms. The molecule has 0 N–H and O–H groups in total. The highest BCUT2D eigenvalue weighted by Crippen LogP contribution is 2.18. The average Bonchev–Trinajstić information content (AvgIpc) is 2.11. The third-order valence-electron chi connectivity index (χ3n) is 2.88. The van der Waals surface area contributed by atoms with Gasteiger partial charge in [0, 0.05) is 12.3 Å². The van der Waals surface area contributed by atoms with Gasteiger partial charge >= 0.3 is 0 Å². The maximum Gasteiger partial charge on any atom is 0.135 e. The van der Waals surface area contributed by atoms with Gasteiger partial charge in [0.15, 0.2) is 0 Å². The summed E-state index contributed by atoms with van der Waals surface area (Å²) < 4.78 is 0. The maximum atomic E-state index is 11.5. The summed E-state index contributed by atoms with van der Waals surface area (Å²) in [5, 5.41) is 0. The minimum Gasteiger partial charge on any atom is -0.299 e. The molecule has 0 radical (unpaired) electrons. The van der Waals surface area contributed by atoms with Crippen molar-refractivity contribution in [2.24, 2.45) is 5.92 Å². The number of Topliss-reactive ketones (excluding diaryl/α,β-unsaturated/α-hetero) is 1. The van der Waals surface area contributed by atoms with Crippen LogP contribution in [0.3, 0.4) is 0 Å². The summed E-state index contributed by atoms with van der Waals surface area (Å²) in [5.41, 5.74) is 1.50. The Hall–Kier alpha value is -0.590. The van der Waals surface area contributed by atoms with Crippen LogP contribution in [0, 0.1) is 5.92 Å². The Bertz CT molecular complexity index is 203. The summed E-state index contributed by atoms with van der Waals surface area (Å²) >= 11 is 0. The van der Waals surface area contributed by atoms with Crippen LogP contribution in [0.25, 0.3) is 0 Å². The fourth-order valence-electron chi connectivity index (χ4n) is 1.82. The molecule has 0 aromatic carbocycles. The molecular weight excluding hydrogens is 160 g/mol. The molecule has 1 rings (SSSR count). The van der Waals surface area contributed by atoms with E-state index in [1.54, 1.807) is 0 Å². The number of hydrogen-bond acceptors (Lipinski definition) is 1. The van der Waals surface area contributed by atoms with Crippen molar-refractivity contribution in [2.45, 2.75) is 52.4 Å². The van der Waals surface area contributed by atoms with Gasteiger partial charge in [-0.2, -0.15) is 0 Å². The van der Waals surface area contributed by atoms with Crippen molar-refractivity contribution in [2.75, 3.05) is 0 Å². The Morgan fingerprint density at radius 1 is 1.31 bits per heavy atom. The molecule has 1 unspecified atom stereocenters. The van der Waals surface area contributed by atoms with Gasteiger partial charge in [0.1, 0.15) is 5.78 Å². The highest BCUT2D eigenvalue weighted by molar-refractivity contribution is 5.80. The van der Waals surface area contributed by atoms with Crippen molar-refractivity contribution in [1.82, 2.24) is 0 Å². The van der Waals surface area contributed by atoms with Crippen LogP contribution in [-0.2, 0) is 4.79 Å². The van der Waals surface area contributed by atoms with E-state index in [4.69, 9.17) is 0 Å². The van der Waals surface area contributed by atoms with Crippen LogP contribution >= 0.6 is 0 Å². The molecule has 0 aromatic rings. The van der Waals surface area contributed by atoms with Gasteiger partial charge in [0.25, 0.3) is 0 Å². The van der Waals surface area contributed by atoms with Crippen LogP contribution < -0.4 is 0 Å². The minimum atomic E-state index is 0.297. The zero-order chi connectivity index (χ0) is 9.68. The van der Waals surface area contributed by atoms with Crippen molar-refractivity contribution in [3.05, 3.63) is 11.6 Å². The van der Waals surface area contributed by atoms with E-state index in [1.165, 1.54) is 18.4 Å². The van der Waals surface area contributed by atoms with Crippen molar-refractivity contribution in [1.29, 1.82) is 0 Å². The van der Waals surface area contributed by atoms with Crippen LogP contribution in [0.5, 0.6) is 0 Å². The molecule has 1 aliphatic rings. The molecule has 1 aliphatic carbocycles. The van der Waals surface area contributed by atoms with Crippen molar-refractivity contribution in [3.8, 4) is 0 Å². The maximum absolute atomic E-state index is 11.5. The molecule has 74 valence electrons. The molecule has 0 amide bonds. The standard InChI is InChI=1S/C12H20O/c1-10-6-3-4-9-12(13)11(2)8-5-7-10/h6,11H,3-5,7-9H2,1-2H3/b10-6+. The Morgan fingerprint density at radius 2 is 2.08 bits per heavy atom. The fourth-order valence-corrected chi connectivity index (χ4v) is 1.82. The quantitative estimate of drug-likeness (QED) is 0.521. The molecule has 0 aliphatic heterocycles. The monoisotopic (exact) mass is 180 g/mol. The first kappa shape index (κ1) is 10.5. The predicted octanol–water partition coefficient (Wildman–Crippen LogP) is 3.49. The molecule has 0 fully saturated rings. The second-order valence-corrected chi connectivity index (χ2v) is 4.20. The Labute approximate surface area is 81.2 Å². The zero-order valence-electron chi connectivity index (χ0n) is 8.81. The molecule has 0 bridgehead atoms. The summed E-state index contributed by atoms with van der Waals surface area (Å²) in [5.74, 6) is 0.763. The van der Waals surface area contributed by atoms with E-state index >= 15 is 0 Å². The molecule has 0 saturated heterocycles. The third kappa shape index (κ3) is 3.75. The number of carbonyl (C=O) groups excluding carboxylic acids is 1. The summed E-state index contributed by atoms with van der Waals surface area (Å²) in [7, 11) is 0. The van der Waals surface area contributed by atoms with Gasteiger partial charge in [-0.3, -0.25) is 4.79 Å². The average molecular weight is 180 g/mol. The number of rotatable bonds is 0. The molecule has 0 heterocycles. The van der Waals surface area contributed by atoms with Gasteiger partial charge < -0.3 is 0 Å². The molecular formula is C12H20O. The van der Waals surface area contributed by atoms with Gasteiger partial charge in [0.2, 0.25) is 0 Å². The third-order valence-corrected chi connectivity index (χ3v) is 2.88. The molecule has 0 saturated carbocycles. The Morgan fingerprint density at radius 3 is 2.85 bits per heavy atom. The van der Waals surface area contributed by atoms with Crippen LogP contribution in [0.15, 0.2) is 11.6 Å². The number of hydrogen-bond donors (Lipinski definition) is 0. The molecule has 1 atom stereocenters. The predicted molar refractivity (Wildman–Crippen MR) is 55.6 cm³/mol. The van der Waals surface area contributed by atoms with E-state index in [0.717, 1.165) is 25.7 Å². The topological polar surface area (TPSA) is 17.1 Å². The van der Waals surface area contributed by atoms with Gasteiger partial charge in [0.05, 0.1) is 0 Å². The molecule has 13 heavy (non-hydrogen) atoms. The summed E-state index contributed by atoms with van der Waals surface area (Å²) in [6.45, 7) is 4.27. The minimum absolute atomic E-state index is 0.297. The largest absolute Gasteiger partial charge is 0.299 e. The lowest BCUT2D eigenvalue weighted by Gasteiger charge is -2.12. The zero-order valence-corrected chi connectivity index (χ0v) is 8.81. The Balaban J connectivity index is 2.49. The van der Waals surface area contributed by atoms with Gasteiger partial charge in [-0.05, 0) is 39.0 Å². The lowest BCUT2D eigenvalue weighted by Crippen LogP contribution is -2.11. The summed E-state index contributed by atoms with van der Waals surface area (Å²) in [6.07, 6.45) is 8.63. The van der Waals surface area contributed by atoms with Crippen molar-refractivity contribution < 1.29 is 4.79 Å². The first-order valence-electron chi connectivity index (χ1n) is 5.38. The van der Waals surface area contributed by atoms with E-state index in [2.05, 4.69) is 19.9 Å². The SMILES string of the molecule is C/C1=C\CCCC(=O)C(C)CCC1. The molecule has 0 spiro atoms. The second kappa shape index (κ2) is 5.21. The van der Waals surface area contributed by atoms with E-state index < -0.39 is 0 Å². The van der Waals surface area contributed by atoms with Gasteiger partial charge in [-0.15, -0.1) is 0 Å². The van der Waals surface area contributed by atoms with Crippen LogP contribution in [0.2, 0.25) is 0 Å². The van der Waals surface area contributed by atoms with Crippen LogP contribution in [-0.4, -0.2) is 5.78 Å². The first-order valence-corrected chi connectivity index (χ1v) is 5.38. The first-order chi connectivity index (χ1) is 6.20. The van der Waals surface area contributed by atoms with E-state index in [0.29, 0.717) is 11.7 Å². The number of allylic oxidation sites excluding steroid dienone is 2. The second-order valence-electron chi connectivity index (χ2n) is 4.20. The highest BCUT2D eigenvalue weighted by Gasteiger charge is 2.12. The van der Waals surface area contributed by atoms with E-state index in [1.807, 2.05) is 0 Å². The lowest BCUT2D eigenvalue weighted by atomic mass is 9.93. The number of ketones is 1. The van der Waals surface area contributed by atoms with E-state index in [9.17, 15) is 4.79 Å². The highest BCUT2D eigenvalue weighted by atomic mass is 16.1. The summed E-state index contributed by atoms with van der Waals surface area (Å²) in [6, 6.07) is 0. The Kier molecular flexibility index (Phi) is 4.20. The molecule has 0 aromatic heterocycles. The molecule has 1 nitrogen and oxygen atoms in total. The smallest absolute Gasteiger partial charge is 0.135 e. The van der Waals surface area contributed by atoms with Crippen LogP contribution in [0.4, 0.5) is 0 Å². The van der Waals surface area contributed by atoms with Gasteiger partial charge in [-0.25, -0.2) is 0 Å². The normalized spacial score (nSPS) is 30.8. The lowest BCUT2D eigenvalue weighted by molar-refractivity contribution is -0.122. The van der Waals surface area contributed by atoms with Crippen molar-refractivity contribution >= 4 is 5.78 Å². The van der Waals surface area contributed by atoms with Gasteiger partial charge in [-0.1, -0.05) is 18.6 Å². The summed E-state index contributed by atoms with van der Waals surface area (Å²) in [4.78, 5) is 11.5.